The molecule has 1 aromatic carbocycles. The molecule has 8 heteroatoms. The lowest BCUT2D eigenvalue weighted by Gasteiger charge is -2.13. The van der Waals surface area contributed by atoms with Crippen LogP contribution in [0.3, 0.4) is 0 Å². The van der Waals surface area contributed by atoms with Gasteiger partial charge in [-0.1, -0.05) is 12.1 Å². The molecular formula is C19H18FN3O3S. The quantitative estimate of drug-likeness (QED) is 0.673. The number of nitrogens with one attached hydrogen (secondary N) is 2. The number of benzene rings is 1. The van der Waals surface area contributed by atoms with E-state index in [1.54, 1.807) is 30.5 Å². The predicted molar refractivity (Wildman–Crippen MR) is 100 cm³/mol. The van der Waals surface area contributed by atoms with Crippen molar-refractivity contribution < 1.29 is 18.4 Å². The predicted octanol–water partition coefficient (Wildman–Crippen LogP) is 3.86. The second-order valence-electron chi connectivity index (χ2n) is 6.01. The number of rotatable bonds is 6. The highest BCUT2D eigenvalue weighted by Crippen LogP contribution is 2.19. The molecule has 0 bridgehead atoms. The summed E-state index contributed by atoms with van der Waals surface area (Å²) in [4.78, 5) is 28.6. The number of aryl methyl sites for hydroxylation is 1. The Morgan fingerprint density at radius 3 is 2.67 bits per heavy atom. The van der Waals surface area contributed by atoms with Crippen molar-refractivity contribution in [3.63, 3.8) is 0 Å². The summed E-state index contributed by atoms with van der Waals surface area (Å²) < 4.78 is 18.1. The maximum Gasteiger partial charge on any atom is 0.260 e. The van der Waals surface area contributed by atoms with Crippen LogP contribution in [0, 0.1) is 12.7 Å². The molecule has 0 radical (unpaired) electrons. The van der Waals surface area contributed by atoms with Crippen molar-refractivity contribution in [2.24, 2.45) is 0 Å². The summed E-state index contributed by atoms with van der Waals surface area (Å²) in [6.45, 7) is 3.53. The molecule has 1 atom stereocenters. The molecule has 0 saturated heterocycles. The van der Waals surface area contributed by atoms with E-state index in [-0.39, 0.29) is 30.1 Å². The lowest BCUT2D eigenvalue weighted by atomic mass is 10.1. The summed E-state index contributed by atoms with van der Waals surface area (Å²) in [5.41, 5.74) is 1.81. The van der Waals surface area contributed by atoms with Crippen LogP contribution in [0.2, 0.25) is 0 Å². The van der Waals surface area contributed by atoms with Gasteiger partial charge in [0.05, 0.1) is 30.0 Å². The van der Waals surface area contributed by atoms with Crippen LogP contribution in [0.1, 0.15) is 40.3 Å². The lowest BCUT2D eigenvalue weighted by molar-refractivity contribution is -0.121. The summed E-state index contributed by atoms with van der Waals surface area (Å²) in [5.74, 6) is -0.310. The SMILES string of the molecule is Cc1occc1C(=O)Nc1nc(CC(=O)N[C@@H](C)c2ccc(F)cc2)cs1. The van der Waals surface area contributed by atoms with E-state index in [9.17, 15) is 14.0 Å². The van der Waals surface area contributed by atoms with Gasteiger partial charge in [0.25, 0.3) is 5.91 Å². The smallest absolute Gasteiger partial charge is 0.260 e. The zero-order valence-corrected chi connectivity index (χ0v) is 15.6. The van der Waals surface area contributed by atoms with Crippen LogP contribution in [0.15, 0.2) is 46.4 Å². The van der Waals surface area contributed by atoms with Crippen molar-refractivity contribution in [1.29, 1.82) is 0 Å². The highest BCUT2D eigenvalue weighted by molar-refractivity contribution is 7.14. The first-order valence-corrected chi connectivity index (χ1v) is 9.15. The van der Waals surface area contributed by atoms with Crippen LogP contribution < -0.4 is 10.6 Å². The van der Waals surface area contributed by atoms with Crippen LogP contribution in [-0.4, -0.2) is 16.8 Å². The van der Waals surface area contributed by atoms with Gasteiger partial charge >= 0.3 is 0 Å². The standard InChI is InChI=1S/C19H18FN3O3S/c1-11(13-3-5-14(20)6-4-13)21-17(24)9-15-10-27-19(22-15)23-18(25)16-7-8-26-12(16)2/h3-8,10-11H,9H2,1-2H3,(H,21,24)(H,22,23,25)/t11-/m0/s1. The Hall–Kier alpha value is -3.00. The fraction of sp³-hybridized carbons (Fsp3) is 0.211. The molecule has 27 heavy (non-hydrogen) atoms. The van der Waals surface area contributed by atoms with E-state index < -0.39 is 0 Å². The molecule has 6 nitrogen and oxygen atoms in total. The normalized spacial score (nSPS) is 11.8. The Bertz CT molecular complexity index is 949. The van der Waals surface area contributed by atoms with Gasteiger partial charge in [-0.2, -0.15) is 0 Å². The average molecular weight is 387 g/mol. The van der Waals surface area contributed by atoms with Crippen LogP contribution in [0.25, 0.3) is 0 Å². The van der Waals surface area contributed by atoms with Gasteiger partial charge in [-0.15, -0.1) is 11.3 Å². The number of aromatic nitrogens is 1. The van der Waals surface area contributed by atoms with Crippen molar-refractivity contribution in [2.75, 3.05) is 5.32 Å². The molecule has 0 aliphatic rings. The Balaban J connectivity index is 1.55. The van der Waals surface area contributed by atoms with Gasteiger partial charge in [0.15, 0.2) is 5.13 Å². The van der Waals surface area contributed by atoms with Gasteiger partial charge in [-0.3, -0.25) is 14.9 Å². The first-order valence-electron chi connectivity index (χ1n) is 8.27. The molecule has 2 aromatic heterocycles. The zero-order valence-electron chi connectivity index (χ0n) is 14.8. The maximum absolute atomic E-state index is 13.0. The monoisotopic (exact) mass is 387 g/mol. The van der Waals surface area contributed by atoms with Crippen LogP contribution in [0.4, 0.5) is 9.52 Å². The molecule has 140 valence electrons. The van der Waals surface area contributed by atoms with Crippen molar-refractivity contribution in [3.05, 3.63) is 70.4 Å². The van der Waals surface area contributed by atoms with E-state index in [1.807, 2.05) is 6.92 Å². The summed E-state index contributed by atoms with van der Waals surface area (Å²) in [7, 11) is 0. The highest BCUT2D eigenvalue weighted by atomic mass is 32.1. The van der Waals surface area contributed by atoms with Crippen LogP contribution in [-0.2, 0) is 11.2 Å². The Morgan fingerprint density at radius 2 is 2.00 bits per heavy atom. The Morgan fingerprint density at radius 1 is 1.26 bits per heavy atom. The molecule has 0 aliphatic heterocycles. The van der Waals surface area contributed by atoms with Crippen molar-refractivity contribution in [1.82, 2.24) is 10.3 Å². The number of hydrogen-bond acceptors (Lipinski definition) is 5. The molecule has 2 N–H and O–H groups in total. The number of thiazole rings is 1. The number of nitrogens with zero attached hydrogens (tertiary/aromatic N) is 1. The van der Waals surface area contributed by atoms with Crippen LogP contribution >= 0.6 is 11.3 Å². The van der Waals surface area contributed by atoms with Crippen molar-refractivity contribution >= 4 is 28.3 Å². The molecule has 2 heterocycles. The second-order valence-corrected chi connectivity index (χ2v) is 6.86. The number of halogens is 1. The molecule has 0 aliphatic carbocycles. The van der Waals surface area contributed by atoms with E-state index in [2.05, 4.69) is 15.6 Å². The topological polar surface area (TPSA) is 84.2 Å². The van der Waals surface area contributed by atoms with Gasteiger partial charge < -0.3 is 9.73 Å². The Kier molecular flexibility index (Phi) is 5.66. The maximum atomic E-state index is 13.0. The van der Waals surface area contributed by atoms with Crippen LogP contribution in [0.5, 0.6) is 0 Å². The van der Waals surface area contributed by atoms with Crippen molar-refractivity contribution in [2.45, 2.75) is 26.3 Å². The minimum absolute atomic E-state index is 0.0860. The fourth-order valence-electron chi connectivity index (χ4n) is 2.52. The summed E-state index contributed by atoms with van der Waals surface area (Å²) in [5, 5.41) is 7.67. The summed E-state index contributed by atoms with van der Waals surface area (Å²) in [6, 6.07) is 7.32. The highest BCUT2D eigenvalue weighted by Gasteiger charge is 2.15. The molecule has 0 fully saturated rings. The number of hydrogen-bond donors (Lipinski definition) is 2. The molecule has 3 rings (SSSR count). The van der Waals surface area contributed by atoms with Gasteiger partial charge in [0.2, 0.25) is 5.91 Å². The summed E-state index contributed by atoms with van der Waals surface area (Å²) in [6.07, 6.45) is 1.53. The minimum atomic E-state index is -0.319. The minimum Gasteiger partial charge on any atom is -0.469 e. The molecule has 0 saturated carbocycles. The summed E-state index contributed by atoms with van der Waals surface area (Å²) >= 11 is 1.24. The number of amides is 2. The number of furan rings is 1. The first-order chi connectivity index (χ1) is 12.9. The van der Waals surface area contributed by atoms with Gasteiger partial charge in [-0.25, -0.2) is 9.37 Å². The number of carbonyl (C=O) groups excluding carboxylic acids is 2. The number of carbonyl (C=O) groups is 2. The third-order valence-electron chi connectivity index (χ3n) is 3.96. The number of anilines is 1. The van der Waals surface area contributed by atoms with E-state index in [0.717, 1.165) is 5.56 Å². The van der Waals surface area contributed by atoms with Crippen molar-refractivity contribution in [3.8, 4) is 0 Å². The van der Waals surface area contributed by atoms with E-state index in [4.69, 9.17) is 4.42 Å². The average Bonchev–Trinajstić information content (AvgIpc) is 3.24. The van der Waals surface area contributed by atoms with E-state index in [1.165, 1.54) is 29.7 Å². The van der Waals surface area contributed by atoms with E-state index >= 15 is 0 Å². The molecule has 0 unspecified atom stereocenters. The molecular weight excluding hydrogens is 369 g/mol. The third-order valence-corrected chi connectivity index (χ3v) is 4.77. The van der Waals surface area contributed by atoms with Gasteiger partial charge in [0, 0.05) is 5.38 Å². The third kappa shape index (κ3) is 4.79. The fourth-order valence-corrected chi connectivity index (χ4v) is 3.23. The second kappa shape index (κ2) is 8.13. The van der Waals surface area contributed by atoms with Gasteiger partial charge in [0.1, 0.15) is 11.6 Å². The lowest BCUT2D eigenvalue weighted by Crippen LogP contribution is -2.28. The Labute approximate surface area is 159 Å². The molecule has 3 aromatic rings. The zero-order chi connectivity index (χ0) is 19.4. The molecule has 2 amide bonds. The first kappa shape index (κ1) is 18.8. The molecule has 0 spiro atoms. The largest absolute Gasteiger partial charge is 0.469 e. The van der Waals surface area contributed by atoms with E-state index in [0.29, 0.717) is 22.1 Å². The van der Waals surface area contributed by atoms with Gasteiger partial charge in [-0.05, 0) is 37.6 Å².